The zero-order chi connectivity index (χ0) is 19.4. The molecule has 0 fully saturated rings. The van der Waals surface area contributed by atoms with E-state index in [4.69, 9.17) is 4.55 Å². The molecule has 2 atom stereocenters. The number of anilines is 1. The van der Waals surface area contributed by atoms with Gasteiger partial charge < -0.3 is 19.9 Å². The van der Waals surface area contributed by atoms with Crippen LogP contribution < -0.4 is 10.6 Å². The summed E-state index contributed by atoms with van der Waals surface area (Å²) < 4.78 is 31.4. The third-order valence-electron chi connectivity index (χ3n) is 4.37. The summed E-state index contributed by atoms with van der Waals surface area (Å²) >= 11 is 0. The summed E-state index contributed by atoms with van der Waals surface area (Å²) in [5.41, 5.74) is 1.45. The quantitative estimate of drug-likeness (QED) is 0.393. The molecule has 2 aromatic rings. The first-order chi connectivity index (χ1) is 12.9. The second-order valence-corrected chi connectivity index (χ2v) is 7.67. The SMILES string of the molecule is O=CCCC1Nc2nc(-c3ccc(S(=O)(=O)O)cc3)[nH]c2C(CCC=O)N1. The van der Waals surface area contributed by atoms with Crippen molar-refractivity contribution in [3.05, 3.63) is 30.0 Å². The van der Waals surface area contributed by atoms with Crippen molar-refractivity contribution in [2.75, 3.05) is 5.32 Å². The summed E-state index contributed by atoms with van der Waals surface area (Å²) in [7, 11) is -4.25. The third-order valence-corrected chi connectivity index (χ3v) is 5.23. The number of aldehydes is 2. The topological polar surface area (TPSA) is 141 Å². The molecule has 0 bridgehead atoms. The Balaban J connectivity index is 1.89. The molecule has 2 heterocycles. The molecule has 1 aromatic carbocycles. The Morgan fingerprint density at radius 2 is 1.74 bits per heavy atom. The maximum Gasteiger partial charge on any atom is 0.294 e. The molecule has 0 saturated carbocycles. The lowest BCUT2D eigenvalue weighted by Crippen LogP contribution is -2.43. The van der Waals surface area contributed by atoms with Crippen LogP contribution in [-0.2, 0) is 19.7 Å². The molecule has 144 valence electrons. The van der Waals surface area contributed by atoms with E-state index < -0.39 is 10.1 Å². The van der Waals surface area contributed by atoms with Gasteiger partial charge >= 0.3 is 0 Å². The molecule has 27 heavy (non-hydrogen) atoms. The lowest BCUT2D eigenvalue weighted by Gasteiger charge is -2.31. The van der Waals surface area contributed by atoms with Crippen LogP contribution in [0.5, 0.6) is 0 Å². The van der Waals surface area contributed by atoms with E-state index in [1.165, 1.54) is 12.1 Å². The molecular weight excluding hydrogens is 372 g/mol. The molecule has 0 radical (unpaired) electrons. The van der Waals surface area contributed by atoms with E-state index in [2.05, 4.69) is 20.6 Å². The average Bonchev–Trinajstić information content (AvgIpc) is 3.08. The maximum atomic E-state index is 11.2. The molecule has 1 aliphatic heterocycles. The van der Waals surface area contributed by atoms with E-state index in [1.54, 1.807) is 12.1 Å². The van der Waals surface area contributed by atoms with Gasteiger partial charge in [-0.15, -0.1) is 0 Å². The number of nitrogens with one attached hydrogen (secondary N) is 3. The van der Waals surface area contributed by atoms with Gasteiger partial charge in [-0.1, -0.05) is 0 Å². The Labute approximate surface area is 156 Å². The highest BCUT2D eigenvalue weighted by molar-refractivity contribution is 7.85. The van der Waals surface area contributed by atoms with Gasteiger partial charge in [0.25, 0.3) is 10.1 Å². The van der Waals surface area contributed by atoms with E-state index in [0.717, 1.165) is 18.3 Å². The number of benzene rings is 1. The zero-order valence-corrected chi connectivity index (χ0v) is 15.2. The molecular formula is C17H20N4O5S. The fourth-order valence-corrected chi connectivity index (χ4v) is 3.54. The van der Waals surface area contributed by atoms with Gasteiger partial charge in [-0.25, -0.2) is 4.98 Å². The Hall–Kier alpha value is -2.56. The van der Waals surface area contributed by atoms with Crippen LogP contribution in [0.1, 0.15) is 37.4 Å². The lowest BCUT2D eigenvalue weighted by molar-refractivity contribution is -0.108. The number of carbonyl (C=O) groups excluding carboxylic acids is 2. The van der Waals surface area contributed by atoms with E-state index in [1.807, 2.05) is 0 Å². The van der Waals surface area contributed by atoms with Crippen LogP contribution in [0.25, 0.3) is 11.4 Å². The molecule has 4 N–H and O–H groups in total. The Morgan fingerprint density at radius 1 is 1.07 bits per heavy atom. The maximum absolute atomic E-state index is 11.2. The zero-order valence-electron chi connectivity index (χ0n) is 14.4. The Bertz CT molecular complexity index is 923. The largest absolute Gasteiger partial charge is 0.353 e. The Kier molecular flexibility index (Phi) is 5.68. The van der Waals surface area contributed by atoms with E-state index in [0.29, 0.717) is 42.9 Å². The number of carbonyl (C=O) groups is 2. The molecule has 2 unspecified atom stereocenters. The van der Waals surface area contributed by atoms with Gasteiger partial charge in [-0.05, 0) is 37.1 Å². The molecule has 3 rings (SSSR count). The number of hydrogen-bond donors (Lipinski definition) is 4. The molecule has 10 heteroatoms. The van der Waals surface area contributed by atoms with E-state index in [9.17, 15) is 18.0 Å². The van der Waals surface area contributed by atoms with Crippen LogP contribution in [0.2, 0.25) is 0 Å². The van der Waals surface area contributed by atoms with E-state index >= 15 is 0 Å². The number of H-pyrrole nitrogens is 1. The van der Waals surface area contributed by atoms with Crippen molar-refractivity contribution in [3.8, 4) is 11.4 Å². The van der Waals surface area contributed by atoms with Gasteiger partial charge in [0, 0.05) is 18.4 Å². The van der Waals surface area contributed by atoms with Crippen LogP contribution >= 0.6 is 0 Å². The standard InChI is InChI=1S/C17H20N4O5S/c22-9-1-3-13-15-17(19-14(18-13)4-2-10-23)21-16(20-15)11-5-7-12(8-6-11)27(24,25)26/h5-10,13-14,18-19H,1-4H2,(H,20,21)(H,24,25,26). The highest BCUT2D eigenvalue weighted by atomic mass is 32.2. The van der Waals surface area contributed by atoms with Gasteiger partial charge in [-0.3, -0.25) is 9.87 Å². The van der Waals surface area contributed by atoms with Crippen LogP contribution in [0.3, 0.4) is 0 Å². The van der Waals surface area contributed by atoms with Gasteiger partial charge in [0.1, 0.15) is 18.4 Å². The van der Waals surface area contributed by atoms with Crippen LogP contribution in [0, 0.1) is 0 Å². The highest BCUT2D eigenvalue weighted by Crippen LogP contribution is 2.32. The molecule has 0 spiro atoms. The fraction of sp³-hybridized carbons (Fsp3) is 0.353. The number of aromatic nitrogens is 2. The number of hydrogen-bond acceptors (Lipinski definition) is 7. The number of fused-ring (bicyclic) bond motifs is 1. The monoisotopic (exact) mass is 392 g/mol. The van der Waals surface area contributed by atoms with Crippen LogP contribution in [-0.4, -0.2) is 41.7 Å². The van der Waals surface area contributed by atoms with Crippen molar-refractivity contribution < 1.29 is 22.6 Å². The summed E-state index contributed by atoms with van der Waals surface area (Å²) in [5.74, 6) is 1.16. The van der Waals surface area contributed by atoms with Crippen molar-refractivity contribution in [3.63, 3.8) is 0 Å². The van der Waals surface area contributed by atoms with Crippen molar-refractivity contribution in [1.82, 2.24) is 15.3 Å². The molecule has 1 aromatic heterocycles. The smallest absolute Gasteiger partial charge is 0.294 e. The van der Waals surface area contributed by atoms with Gasteiger partial charge in [0.15, 0.2) is 5.82 Å². The van der Waals surface area contributed by atoms with Crippen LogP contribution in [0.4, 0.5) is 5.82 Å². The molecule has 1 aliphatic rings. The number of imidazole rings is 1. The number of rotatable bonds is 8. The molecule has 0 saturated heterocycles. The number of aromatic amines is 1. The minimum Gasteiger partial charge on any atom is -0.353 e. The second kappa shape index (κ2) is 7.99. The van der Waals surface area contributed by atoms with Crippen molar-refractivity contribution in [2.45, 2.75) is 42.8 Å². The van der Waals surface area contributed by atoms with E-state index in [-0.39, 0.29) is 17.1 Å². The van der Waals surface area contributed by atoms with Crippen molar-refractivity contribution >= 4 is 28.5 Å². The minimum atomic E-state index is -4.25. The average molecular weight is 392 g/mol. The highest BCUT2D eigenvalue weighted by Gasteiger charge is 2.28. The van der Waals surface area contributed by atoms with Crippen molar-refractivity contribution in [1.29, 1.82) is 0 Å². The minimum absolute atomic E-state index is 0.124. The predicted molar refractivity (Wildman–Crippen MR) is 97.7 cm³/mol. The number of nitrogens with zero attached hydrogens (tertiary/aromatic N) is 1. The summed E-state index contributed by atoms with van der Waals surface area (Å²) in [6, 6.07) is 5.57. The van der Waals surface area contributed by atoms with Gasteiger partial charge in [0.05, 0.1) is 22.8 Å². The van der Waals surface area contributed by atoms with Gasteiger partial charge in [-0.2, -0.15) is 8.42 Å². The molecule has 9 nitrogen and oxygen atoms in total. The normalized spacial score (nSPS) is 19.1. The van der Waals surface area contributed by atoms with Crippen molar-refractivity contribution in [2.24, 2.45) is 0 Å². The molecule has 0 aliphatic carbocycles. The van der Waals surface area contributed by atoms with Crippen LogP contribution in [0.15, 0.2) is 29.2 Å². The Morgan fingerprint density at radius 3 is 2.37 bits per heavy atom. The summed E-state index contributed by atoms with van der Waals surface area (Å²) in [6.07, 6.45) is 3.52. The third kappa shape index (κ3) is 4.41. The summed E-state index contributed by atoms with van der Waals surface area (Å²) in [4.78, 5) is 29.0. The summed E-state index contributed by atoms with van der Waals surface area (Å²) in [6.45, 7) is 0. The predicted octanol–water partition coefficient (Wildman–Crippen LogP) is 1.66. The van der Waals surface area contributed by atoms with Gasteiger partial charge in [0.2, 0.25) is 0 Å². The first kappa shape index (κ1) is 19.2. The fourth-order valence-electron chi connectivity index (χ4n) is 3.06. The lowest BCUT2D eigenvalue weighted by atomic mass is 10.0. The molecule has 0 amide bonds. The first-order valence-corrected chi connectivity index (χ1v) is 9.94. The first-order valence-electron chi connectivity index (χ1n) is 8.50. The second-order valence-electron chi connectivity index (χ2n) is 6.25. The summed E-state index contributed by atoms with van der Waals surface area (Å²) in [5, 5.41) is 6.59.